The number of benzene rings is 1. The third kappa shape index (κ3) is 14.6. The van der Waals surface area contributed by atoms with Gasteiger partial charge in [-0.05, 0) is 78.5 Å². The van der Waals surface area contributed by atoms with E-state index in [1.54, 1.807) is 45.0 Å². The van der Waals surface area contributed by atoms with Gasteiger partial charge >= 0.3 is 0 Å². The fourth-order valence-corrected chi connectivity index (χ4v) is 5.53. The number of hydrogen-bond donors (Lipinski definition) is 5. The zero-order chi connectivity index (χ0) is 36.4. The molecular weight excluding hydrogens is 638 g/mol. The second kappa shape index (κ2) is 17.7. The molecule has 5 atom stereocenters. The van der Waals surface area contributed by atoms with Crippen LogP contribution in [0.5, 0.6) is 5.75 Å². The molecule has 14 heteroatoms. The number of carbonyl (C=O) groups is 6. The van der Waals surface area contributed by atoms with Crippen molar-refractivity contribution < 1.29 is 38.2 Å². The Morgan fingerprint density at radius 3 is 1.94 bits per heavy atom. The summed E-state index contributed by atoms with van der Waals surface area (Å²) in [4.78, 5) is 79.4. The summed E-state index contributed by atoms with van der Waals surface area (Å²) in [6.45, 7) is 17.4. The molecule has 0 bridgehead atoms. The molecule has 13 nitrogen and oxygen atoms in total. The molecule has 1 aliphatic heterocycles. The minimum atomic E-state index is -1.24. The Hall–Kier alpha value is -3.65. The lowest BCUT2D eigenvalue weighted by atomic mass is 10.0. The first-order valence-corrected chi connectivity index (χ1v) is 17.2. The molecule has 1 heterocycles. The SMILES string of the molecule is CC(=O)N[C@H]1CSC(=O)[C@H](CC(C)C)NC(=O)[C@H](Cc2ccc(OC(C)(C)C)cc2)NC(=O)[C@H](COC(C)(C)C)NC(=O)[C@H](C)NC1=O. The molecule has 48 heavy (non-hydrogen) atoms. The van der Waals surface area contributed by atoms with E-state index in [1.165, 1.54) is 13.8 Å². The number of carbonyl (C=O) groups excluding carboxylic acids is 6. The first kappa shape index (κ1) is 40.5. The molecule has 2 rings (SSSR count). The number of ether oxygens (including phenoxy) is 2. The van der Waals surface area contributed by atoms with Crippen LogP contribution in [0.15, 0.2) is 24.3 Å². The molecule has 0 unspecified atom stereocenters. The van der Waals surface area contributed by atoms with E-state index >= 15 is 0 Å². The molecule has 0 spiro atoms. The van der Waals surface area contributed by atoms with E-state index < -0.39 is 76.1 Å². The highest BCUT2D eigenvalue weighted by molar-refractivity contribution is 8.13. The van der Waals surface area contributed by atoms with Crippen molar-refractivity contribution in [1.29, 1.82) is 0 Å². The number of rotatable bonds is 8. The highest BCUT2D eigenvalue weighted by Gasteiger charge is 2.34. The van der Waals surface area contributed by atoms with Crippen LogP contribution >= 0.6 is 11.8 Å². The van der Waals surface area contributed by atoms with Crippen molar-refractivity contribution in [3.63, 3.8) is 0 Å². The molecule has 0 aliphatic carbocycles. The van der Waals surface area contributed by atoms with Gasteiger partial charge in [0.25, 0.3) is 0 Å². The lowest BCUT2D eigenvalue weighted by molar-refractivity contribution is -0.136. The predicted octanol–water partition coefficient (Wildman–Crippen LogP) is 2.00. The van der Waals surface area contributed by atoms with Crippen molar-refractivity contribution in [2.75, 3.05) is 12.4 Å². The van der Waals surface area contributed by atoms with Crippen LogP contribution in [-0.2, 0) is 39.9 Å². The largest absolute Gasteiger partial charge is 0.488 e. The maximum absolute atomic E-state index is 13.9. The summed E-state index contributed by atoms with van der Waals surface area (Å²) in [6.07, 6.45) is 0.365. The zero-order valence-corrected chi connectivity index (χ0v) is 30.6. The molecule has 1 saturated heterocycles. The van der Waals surface area contributed by atoms with Crippen molar-refractivity contribution in [3.05, 3.63) is 29.8 Å². The molecule has 0 aromatic heterocycles. The van der Waals surface area contributed by atoms with Crippen LogP contribution in [0.2, 0.25) is 0 Å². The molecule has 5 N–H and O–H groups in total. The zero-order valence-electron chi connectivity index (χ0n) is 29.8. The lowest BCUT2D eigenvalue weighted by Gasteiger charge is -2.29. The summed E-state index contributed by atoms with van der Waals surface area (Å²) >= 11 is 0.794. The monoisotopic (exact) mass is 691 g/mol. The quantitative estimate of drug-likeness (QED) is 0.273. The summed E-state index contributed by atoms with van der Waals surface area (Å²) in [5.41, 5.74) is -0.361. The van der Waals surface area contributed by atoms with Gasteiger partial charge < -0.3 is 36.1 Å². The Kier molecular flexibility index (Phi) is 14.9. The minimum absolute atomic E-state index is 0.0123. The van der Waals surface area contributed by atoms with Crippen molar-refractivity contribution in [3.8, 4) is 5.75 Å². The highest BCUT2D eigenvalue weighted by atomic mass is 32.2. The van der Waals surface area contributed by atoms with Crippen LogP contribution in [0, 0.1) is 5.92 Å². The van der Waals surface area contributed by atoms with Gasteiger partial charge in [0.2, 0.25) is 34.7 Å². The summed E-state index contributed by atoms with van der Waals surface area (Å²) < 4.78 is 11.8. The van der Waals surface area contributed by atoms with Gasteiger partial charge in [-0.2, -0.15) is 0 Å². The normalized spacial score (nSPS) is 23.9. The topological polar surface area (TPSA) is 181 Å². The lowest BCUT2D eigenvalue weighted by Crippen LogP contribution is -2.60. The van der Waals surface area contributed by atoms with E-state index in [2.05, 4.69) is 26.6 Å². The van der Waals surface area contributed by atoms with Gasteiger partial charge in [0.05, 0.1) is 18.2 Å². The molecule has 1 fully saturated rings. The van der Waals surface area contributed by atoms with Gasteiger partial charge in [-0.3, -0.25) is 28.8 Å². The maximum Gasteiger partial charge on any atom is 0.245 e. The van der Waals surface area contributed by atoms with E-state index in [1.807, 2.05) is 34.6 Å². The summed E-state index contributed by atoms with van der Waals surface area (Å²) in [5.74, 6) is -2.65. The van der Waals surface area contributed by atoms with Crippen LogP contribution in [0.4, 0.5) is 0 Å². The Morgan fingerprint density at radius 2 is 1.40 bits per heavy atom. The van der Waals surface area contributed by atoms with E-state index in [4.69, 9.17) is 9.47 Å². The second-order valence-electron chi connectivity index (χ2n) is 14.4. The number of nitrogens with one attached hydrogen (secondary N) is 5. The molecule has 1 aliphatic rings. The van der Waals surface area contributed by atoms with Crippen LogP contribution in [0.25, 0.3) is 0 Å². The smallest absolute Gasteiger partial charge is 0.245 e. The third-order valence-electron chi connectivity index (χ3n) is 6.88. The summed E-state index contributed by atoms with van der Waals surface area (Å²) in [6, 6.07) is 1.56. The van der Waals surface area contributed by atoms with Crippen LogP contribution in [0.1, 0.15) is 81.2 Å². The minimum Gasteiger partial charge on any atom is -0.488 e. The first-order valence-electron chi connectivity index (χ1n) is 16.2. The second-order valence-corrected chi connectivity index (χ2v) is 15.4. The molecule has 1 aromatic rings. The van der Waals surface area contributed by atoms with Crippen LogP contribution in [0.3, 0.4) is 0 Å². The van der Waals surface area contributed by atoms with E-state index in [0.29, 0.717) is 17.7 Å². The molecule has 1 aromatic carbocycles. The number of thioether (sulfide) groups is 1. The van der Waals surface area contributed by atoms with Crippen molar-refractivity contribution >= 4 is 46.4 Å². The summed E-state index contributed by atoms with van der Waals surface area (Å²) in [5, 5.41) is 12.9. The Balaban J connectivity index is 2.54. The summed E-state index contributed by atoms with van der Waals surface area (Å²) in [7, 11) is 0. The van der Waals surface area contributed by atoms with Gasteiger partial charge in [-0.1, -0.05) is 37.7 Å². The van der Waals surface area contributed by atoms with Crippen LogP contribution < -0.4 is 31.3 Å². The maximum atomic E-state index is 13.9. The molecule has 0 saturated carbocycles. The molecule has 268 valence electrons. The van der Waals surface area contributed by atoms with E-state index in [9.17, 15) is 28.8 Å². The average molecular weight is 692 g/mol. The van der Waals surface area contributed by atoms with E-state index in [-0.39, 0.29) is 24.7 Å². The van der Waals surface area contributed by atoms with Crippen molar-refractivity contribution in [1.82, 2.24) is 26.6 Å². The predicted molar refractivity (Wildman–Crippen MR) is 184 cm³/mol. The molecule has 0 radical (unpaired) electrons. The molecule has 5 amide bonds. The highest BCUT2D eigenvalue weighted by Crippen LogP contribution is 2.20. The van der Waals surface area contributed by atoms with Gasteiger partial charge in [0, 0.05) is 19.1 Å². The number of hydrogen-bond acceptors (Lipinski definition) is 9. The third-order valence-corrected chi connectivity index (χ3v) is 7.95. The first-order chi connectivity index (χ1) is 22.1. The van der Waals surface area contributed by atoms with Gasteiger partial charge in [0.1, 0.15) is 35.5 Å². The van der Waals surface area contributed by atoms with Gasteiger partial charge in [0.15, 0.2) is 0 Å². The van der Waals surface area contributed by atoms with Crippen LogP contribution in [-0.4, -0.2) is 88.4 Å². The Labute approximate surface area is 288 Å². The van der Waals surface area contributed by atoms with Crippen molar-refractivity contribution in [2.45, 2.75) is 123 Å². The molecular formula is C34H53N5O8S. The fraction of sp³-hybridized carbons (Fsp3) is 0.647. The van der Waals surface area contributed by atoms with Gasteiger partial charge in [-0.25, -0.2) is 0 Å². The Bertz CT molecular complexity index is 1310. The average Bonchev–Trinajstić information content (AvgIpc) is 2.94. The van der Waals surface area contributed by atoms with Gasteiger partial charge in [-0.15, -0.1) is 0 Å². The Morgan fingerprint density at radius 1 is 0.833 bits per heavy atom. The standard InChI is InChI=1S/C34H53N5O8S/c1-19(2)15-25-32(45)48-18-27(36-21(4)40)31(44)35-20(3)28(41)39-26(17-46-33(5,6)7)30(43)37-24(29(42)38-25)16-22-11-13-23(14-12-22)47-34(8,9)10/h11-14,19-20,24-27H,15-18H2,1-10H3,(H,35,44)(H,36,40)(H,37,43)(H,38,42)(H,39,41)/t20-,24-,25-,26-,27-/m0/s1. The van der Waals surface area contributed by atoms with Crippen molar-refractivity contribution in [2.24, 2.45) is 5.92 Å². The number of amides is 5. The fourth-order valence-electron chi connectivity index (χ4n) is 4.61. The van der Waals surface area contributed by atoms with E-state index in [0.717, 1.165) is 11.8 Å².